The molecule has 9 heteroatoms. The highest BCUT2D eigenvalue weighted by atomic mass is 32.5. The summed E-state index contributed by atoms with van der Waals surface area (Å²) >= 11 is 4.85. The third-order valence-corrected chi connectivity index (χ3v) is 6.16. The standard InChI is InChI=1S/C20H42NO6PS/c1-3-4-5-6-7-8-9-10-11-12-13-14-20(22)25-17-19(24-2)18-27-28(23,29)26-16-15-21/h19H,3-18,21H2,1-2H3,(H,23,29). The summed E-state index contributed by atoms with van der Waals surface area (Å²) in [5, 5.41) is 0. The van der Waals surface area contributed by atoms with Crippen LogP contribution >= 0.6 is 6.72 Å². The molecule has 2 atom stereocenters. The normalized spacial score (nSPS) is 14.5. The molecule has 29 heavy (non-hydrogen) atoms. The van der Waals surface area contributed by atoms with Gasteiger partial charge in [-0.1, -0.05) is 71.1 Å². The third kappa shape index (κ3) is 19.6. The number of nitrogens with two attached hydrogens (primary N) is 1. The van der Waals surface area contributed by atoms with Gasteiger partial charge in [-0.05, 0) is 18.2 Å². The summed E-state index contributed by atoms with van der Waals surface area (Å²) in [6, 6.07) is 0. The van der Waals surface area contributed by atoms with Gasteiger partial charge in [-0.3, -0.25) is 4.79 Å². The van der Waals surface area contributed by atoms with Crippen molar-refractivity contribution in [2.24, 2.45) is 5.73 Å². The minimum Gasteiger partial charge on any atom is -0.463 e. The lowest BCUT2D eigenvalue weighted by Gasteiger charge is -2.20. The molecule has 0 bridgehead atoms. The van der Waals surface area contributed by atoms with E-state index in [9.17, 15) is 9.69 Å². The lowest BCUT2D eigenvalue weighted by molar-refractivity contribution is -0.148. The SMILES string of the molecule is CCCCCCCCCCCCCC(=O)OCC(COP(O)(=S)OCCN)OC. The van der Waals surface area contributed by atoms with Crippen molar-refractivity contribution in [2.45, 2.75) is 90.1 Å². The van der Waals surface area contributed by atoms with Gasteiger partial charge in [-0.25, -0.2) is 0 Å². The van der Waals surface area contributed by atoms with E-state index < -0.39 is 12.8 Å². The Morgan fingerprint density at radius 1 is 0.966 bits per heavy atom. The Morgan fingerprint density at radius 3 is 2.03 bits per heavy atom. The third-order valence-electron chi connectivity index (χ3n) is 4.54. The maximum atomic E-state index is 11.8. The molecule has 0 aliphatic heterocycles. The second-order valence-corrected chi connectivity index (χ2v) is 10.1. The van der Waals surface area contributed by atoms with Crippen molar-refractivity contribution >= 4 is 24.5 Å². The molecule has 7 nitrogen and oxygen atoms in total. The van der Waals surface area contributed by atoms with Crippen LogP contribution in [0.15, 0.2) is 0 Å². The average molecular weight is 456 g/mol. The molecule has 0 radical (unpaired) electrons. The molecule has 0 saturated carbocycles. The Kier molecular flexibility index (Phi) is 19.8. The van der Waals surface area contributed by atoms with E-state index in [2.05, 4.69) is 6.92 Å². The van der Waals surface area contributed by atoms with Crippen LogP contribution in [0.25, 0.3) is 0 Å². The van der Waals surface area contributed by atoms with Gasteiger partial charge in [-0.15, -0.1) is 0 Å². The lowest BCUT2D eigenvalue weighted by atomic mass is 10.1. The molecule has 2 unspecified atom stereocenters. The van der Waals surface area contributed by atoms with E-state index in [0.29, 0.717) is 6.42 Å². The molecule has 0 aromatic rings. The Bertz CT molecular complexity index is 441. The first-order valence-electron chi connectivity index (χ1n) is 11.0. The van der Waals surface area contributed by atoms with Gasteiger partial charge in [0.15, 0.2) is 0 Å². The van der Waals surface area contributed by atoms with E-state index in [1.165, 1.54) is 64.9 Å². The fraction of sp³-hybridized carbons (Fsp3) is 0.950. The van der Waals surface area contributed by atoms with E-state index in [1.807, 2.05) is 0 Å². The molecule has 0 saturated heterocycles. The van der Waals surface area contributed by atoms with Gasteiger partial charge < -0.3 is 29.1 Å². The molecule has 0 aliphatic carbocycles. The number of ether oxygens (including phenoxy) is 2. The first kappa shape index (κ1) is 28.9. The van der Waals surface area contributed by atoms with Crippen molar-refractivity contribution in [1.29, 1.82) is 0 Å². The highest BCUT2D eigenvalue weighted by Gasteiger charge is 2.19. The van der Waals surface area contributed by atoms with Crippen LogP contribution in [-0.2, 0) is 35.1 Å². The number of esters is 1. The van der Waals surface area contributed by atoms with Gasteiger partial charge in [0.1, 0.15) is 12.7 Å². The van der Waals surface area contributed by atoms with Gasteiger partial charge in [0.2, 0.25) is 0 Å². The molecule has 0 aromatic heterocycles. The second kappa shape index (κ2) is 19.9. The van der Waals surface area contributed by atoms with Crippen LogP contribution in [0, 0.1) is 0 Å². The van der Waals surface area contributed by atoms with Crippen molar-refractivity contribution in [1.82, 2.24) is 0 Å². The minimum atomic E-state index is -3.33. The fourth-order valence-electron chi connectivity index (χ4n) is 2.76. The first-order valence-corrected chi connectivity index (χ1v) is 13.5. The highest BCUT2D eigenvalue weighted by molar-refractivity contribution is 8.07. The van der Waals surface area contributed by atoms with Gasteiger partial charge in [-0.2, -0.15) is 0 Å². The summed E-state index contributed by atoms with van der Waals surface area (Å²) < 4.78 is 20.6. The number of methoxy groups -OCH3 is 1. The molecule has 0 spiro atoms. The maximum absolute atomic E-state index is 11.8. The van der Waals surface area contributed by atoms with Crippen molar-refractivity contribution in [3.05, 3.63) is 0 Å². The fourth-order valence-corrected chi connectivity index (χ4v) is 3.93. The second-order valence-electron chi connectivity index (χ2n) is 7.21. The van der Waals surface area contributed by atoms with Crippen molar-refractivity contribution in [3.63, 3.8) is 0 Å². The van der Waals surface area contributed by atoms with E-state index in [-0.39, 0.29) is 32.3 Å². The number of hydrogen-bond acceptors (Lipinski definition) is 7. The van der Waals surface area contributed by atoms with E-state index in [1.54, 1.807) is 0 Å². The zero-order valence-corrected chi connectivity index (χ0v) is 20.0. The molecule has 0 heterocycles. The van der Waals surface area contributed by atoms with E-state index in [0.717, 1.165) is 12.8 Å². The summed E-state index contributed by atoms with van der Waals surface area (Å²) in [5.74, 6) is -0.245. The largest absolute Gasteiger partial charge is 0.463 e. The number of unbranched alkanes of at least 4 members (excludes halogenated alkanes) is 10. The number of hydrogen-bond donors (Lipinski definition) is 2. The highest BCUT2D eigenvalue weighted by Crippen LogP contribution is 2.43. The molecule has 0 rings (SSSR count). The smallest absolute Gasteiger partial charge is 0.324 e. The van der Waals surface area contributed by atoms with Crippen molar-refractivity contribution < 1.29 is 28.2 Å². The predicted molar refractivity (Wildman–Crippen MR) is 120 cm³/mol. The van der Waals surface area contributed by atoms with Gasteiger partial charge >= 0.3 is 12.7 Å². The van der Waals surface area contributed by atoms with Crippen molar-refractivity contribution in [3.8, 4) is 0 Å². The van der Waals surface area contributed by atoms with Crippen LogP contribution < -0.4 is 5.73 Å². The van der Waals surface area contributed by atoms with Crippen LogP contribution in [0.1, 0.15) is 84.0 Å². The quantitative estimate of drug-likeness (QED) is 0.149. The maximum Gasteiger partial charge on any atom is 0.324 e. The number of carbonyl (C=O) groups is 1. The Morgan fingerprint density at radius 2 is 1.52 bits per heavy atom. The lowest BCUT2D eigenvalue weighted by Crippen LogP contribution is -2.25. The van der Waals surface area contributed by atoms with Crippen LogP contribution in [0.3, 0.4) is 0 Å². The Hall–Kier alpha value is -0.0800. The monoisotopic (exact) mass is 455 g/mol. The van der Waals surface area contributed by atoms with E-state index in [4.69, 9.17) is 36.1 Å². The summed E-state index contributed by atoms with van der Waals surface area (Å²) in [7, 11) is 1.48. The minimum absolute atomic E-state index is 0.0133. The molecule has 0 aromatic carbocycles. The predicted octanol–water partition coefficient (Wildman–Crippen LogP) is 4.45. The zero-order chi connectivity index (χ0) is 21.8. The molecule has 0 amide bonds. The molecule has 0 fully saturated rings. The van der Waals surface area contributed by atoms with Crippen LogP contribution in [0.2, 0.25) is 0 Å². The van der Waals surface area contributed by atoms with Crippen LogP contribution in [0.4, 0.5) is 0 Å². The molecular formula is C20H42NO6PS. The summed E-state index contributed by atoms with van der Waals surface area (Å²) in [4.78, 5) is 21.6. The molecule has 174 valence electrons. The van der Waals surface area contributed by atoms with Gasteiger partial charge in [0.05, 0.1) is 13.2 Å². The summed E-state index contributed by atoms with van der Waals surface area (Å²) in [5.41, 5.74) is 5.30. The molecule has 3 N–H and O–H groups in total. The summed E-state index contributed by atoms with van der Waals surface area (Å²) in [6.07, 6.45) is 13.5. The first-order chi connectivity index (χ1) is 13.9. The van der Waals surface area contributed by atoms with Gasteiger partial charge in [0, 0.05) is 20.1 Å². The van der Waals surface area contributed by atoms with Crippen LogP contribution in [-0.4, -0.2) is 50.4 Å². The molecule has 0 aliphatic rings. The number of rotatable bonds is 21. The van der Waals surface area contributed by atoms with Gasteiger partial charge in [0.25, 0.3) is 0 Å². The van der Waals surface area contributed by atoms with Crippen molar-refractivity contribution in [2.75, 3.05) is 33.5 Å². The molecular weight excluding hydrogens is 413 g/mol. The Labute approximate surface area is 182 Å². The summed E-state index contributed by atoms with van der Waals surface area (Å²) in [6.45, 7) is -0.682. The zero-order valence-electron chi connectivity index (χ0n) is 18.3. The van der Waals surface area contributed by atoms with E-state index >= 15 is 0 Å². The topological polar surface area (TPSA) is 100 Å². The average Bonchev–Trinajstić information content (AvgIpc) is 2.70. The van der Waals surface area contributed by atoms with Crippen LogP contribution in [0.5, 0.6) is 0 Å². The number of carbonyl (C=O) groups excluding carboxylic acids is 1. The Balaban J connectivity index is 3.65.